The van der Waals surface area contributed by atoms with Gasteiger partial charge in [-0.1, -0.05) is 0 Å². The quantitative estimate of drug-likeness (QED) is 0.607. The number of ether oxygens (including phenoxy) is 2. The summed E-state index contributed by atoms with van der Waals surface area (Å²) in [5, 5.41) is 0. The normalized spacial score (nSPS) is 19.7. The SMILES string of the molecule is O=C(CCCl)CCC(=O)CCOC1CCCCO1. The molecule has 0 aromatic rings. The topological polar surface area (TPSA) is 52.6 Å². The molecule has 18 heavy (non-hydrogen) atoms. The maximum absolute atomic E-state index is 11.5. The van der Waals surface area contributed by atoms with Crippen LogP contribution in [0.4, 0.5) is 0 Å². The van der Waals surface area contributed by atoms with Crippen LogP contribution in [0.2, 0.25) is 0 Å². The van der Waals surface area contributed by atoms with Crippen molar-refractivity contribution in [3.05, 3.63) is 0 Å². The molecule has 0 aliphatic carbocycles. The number of ketones is 2. The van der Waals surface area contributed by atoms with E-state index in [4.69, 9.17) is 21.1 Å². The third-order valence-electron chi connectivity index (χ3n) is 2.88. The van der Waals surface area contributed by atoms with Crippen molar-refractivity contribution in [3.8, 4) is 0 Å². The van der Waals surface area contributed by atoms with Gasteiger partial charge in [0.2, 0.25) is 0 Å². The Labute approximate surface area is 113 Å². The zero-order valence-electron chi connectivity index (χ0n) is 10.7. The van der Waals surface area contributed by atoms with Crippen LogP contribution in [0.3, 0.4) is 0 Å². The fourth-order valence-corrected chi connectivity index (χ4v) is 1.99. The van der Waals surface area contributed by atoms with Gasteiger partial charge in [-0.15, -0.1) is 11.6 Å². The van der Waals surface area contributed by atoms with Crippen molar-refractivity contribution in [2.24, 2.45) is 0 Å². The van der Waals surface area contributed by atoms with Crippen LogP contribution in [0.15, 0.2) is 0 Å². The fourth-order valence-electron chi connectivity index (χ4n) is 1.78. The first-order chi connectivity index (χ1) is 8.72. The van der Waals surface area contributed by atoms with E-state index in [9.17, 15) is 9.59 Å². The summed E-state index contributed by atoms with van der Waals surface area (Å²) >= 11 is 5.44. The number of carbonyl (C=O) groups is 2. The average molecular weight is 277 g/mol. The van der Waals surface area contributed by atoms with E-state index in [1.165, 1.54) is 0 Å². The first kappa shape index (κ1) is 15.6. The predicted octanol–water partition coefficient (Wildman–Crippen LogP) is 2.47. The smallest absolute Gasteiger partial charge is 0.157 e. The molecule has 1 rings (SSSR count). The first-order valence-electron chi connectivity index (χ1n) is 6.55. The monoisotopic (exact) mass is 276 g/mol. The molecule has 1 atom stereocenters. The molecule has 0 aromatic carbocycles. The van der Waals surface area contributed by atoms with Gasteiger partial charge in [-0.05, 0) is 19.3 Å². The number of rotatable bonds is 9. The maximum Gasteiger partial charge on any atom is 0.157 e. The fraction of sp³-hybridized carbons (Fsp3) is 0.846. The Morgan fingerprint density at radius 2 is 1.83 bits per heavy atom. The Bertz CT molecular complexity index is 262. The minimum Gasteiger partial charge on any atom is -0.353 e. The lowest BCUT2D eigenvalue weighted by Crippen LogP contribution is -2.23. The molecule has 1 aliphatic heterocycles. The average Bonchev–Trinajstić information content (AvgIpc) is 2.38. The molecule has 0 bridgehead atoms. The van der Waals surface area contributed by atoms with Crippen molar-refractivity contribution in [1.82, 2.24) is 0 Å². The Morgan fingerprint density at radius 1 is 1.11 bits per heavy atom. The Kier molecular flexibility index (Phi) is 8.22. The van der Waals surface area contributed by atoms with Crippen molar-refractivity contribution in [3.63, 3.8) is 0 Å². The second kappa shape index (κ2) is 9.48. The summed E-state index contributed by atoms with van der Waals surface area (Å²) in [6, 6.07) is 0. The summed E-state index contributed by atoms with van der Waals surface area (Å²) in [5.41, 5.74) is 0. The molecule has 1 fully saturated rings. The molecule has 0 amide bonds. The van der Waals surface area contributed by atoms with Gasteiger partial charge >= 0.3 is 0 Å². The summed E-state index contributed by atoms with van der Waals surface area (Å²) in [7, 11) is 0. The minimum absolute atomic E-state index is 0.0508. The largest absolute Gasteiger partial charge is 0.353 e. The lowest BCUT2D eigenvalue weighted by Gasteiger charge is -2.22. The minimum atomic E-state index is -0.149. The van der Waals surface area contributed by atoms with Gasteiger partial charge < -0.3 is 9.47 Å². The van der Waals surface area contributed by atoms with Crippen LogP contribution < -0.4 is 0 Å². The van der Waals surface area contributed by atoms with Gasteiger partial charge in [0.25, 0.3) is 0 Å². The van der Waals surface area contributed by atoms with E-state index in [0.717, 1.165) is 25.9 Å². The highest BCUT2D eigenvalue weighted by Gasteiger charge is 2.14. The molecule has 0 spiro atoms. The second-order valence-corrected chi connectivity index (χ2v) is 4.81. The highest BCUT2D eigenvalue weighted by Crippen LogP contribution is 2.14. The summed E-state index contributed by atoms with van der Waals surface area (Å²) in [5.74, 6) is 0.443. The van der Waals surface area contributed by atoms with Crippen LogP contribution in [0.5, 0.6) is 0 Å². The third-order valence-corrected chi connectivity index (χ3v) is 3.07. The maximum atomic E-state index is 11.5. The van der Waals surface area contributed by atoms with Crippen molar-refractivity contribution in [2.45, 2.75) is 51.2 Å². The molecular formula is C13H21ClO4. The van der Waals surface area contributed by atoms with Crippen LogP contribution >= 0.6 is 11.6 Å². The zero-order chi connectivity index (χ0) is 13.2. The lowest BCUT2D eigenvalue weighted by atomic mass is 10.1. The molecule has 5 heteroatoms. The van der Waals surface area contributed by atoms with E-state index in [-0.39, 0.29) is 17.9 Å². The standard InChI is InChI=1S/C13H21ClO4/c14-8-6-11(15)4-5-12(16)7-10-18-13-3-1-2-9-17-13/h13H,1-10H2. The highest BCUT2D eigenvalue weighted by atomic mass is 35.5. The van der Waals surface area contributed by atoms with Crippen molar-refractivity contribution >= 4 is 23.2 Å². The number of halogens is 1. The van der Waals surface area contributed by atoms with Crippen molar-refractivity contribution in [1.29, 1.82) is 0 Å². The highest BCUT2D eigenvalue weighted by molar-refractivity contribution is 6.19. The van der Waals surface area contributed by atoms with Gasteiger partial charge in [-0.2, -0.15) is 0 Å². The molecule has 0 N–H and O–H groups in total. The van der Waals surface area contributed by atoms with Crippen LogP contribution in [-0.4, -0.2) is 37.0 Å². The molecule has 1 unspecified atom stereocenters. The number of hydrogen-bond acceptors (Lipinski definition) is 4. The summed E-state index contributed by atoms with van der Waals surface area (Å²) in [6.07, 6.45) is 4.25. The molecular weight excluding hydrogens is 256 g/mol. The molecule has 0 saturated carbocycles. The third kappa shape index (κ3) is 7.09. The van der Waals surface area contributed by atoms with Crippen LogP contribution in [0.1, 0.15) is 44.9 Å². The first-order valence-corrected chi connectivity index (χ1v) is 7.08. The summed E-state index contributed by atoms with van der Waals surface area (Å²) < 4.78 is 10.8. The molecule has 0 radical (unpaired) electrons. The molecule has 1 heterocycles. The Morgan fingerprint density at radius 3 is 2.44 bits per heavy atom. The second-order valence-electron chi connectivity index (χ2n) is 4.43. The zero-order valence-corrected chi connectivity index (χ0v) is 11.4. The lowest BCUT2D eigenvalue weighted by molar-refractivity contribution is -0.164. The predicted molar refractivity (Wildman–Crippen MR) is 68.7 cm³/mol. The van der Waals surface area contributed by atoms with Gasteiger partial charge in [0.15, 0.2) is 6.29 Å². The van der Waals surface area contributed by atoms with E-state index in [0.29, 0.717) is 38.2 Å². The number of carbonyl (C=O) groups excluding carboxylic acids is 2. The van der Waals surface area contributed by atoms with Crippen molar-refractivity contribution in [2.75, 3.05) is 19.1 Å². The summed E-state index contributed by atoms with van der Waals surface area (Å²) in [6.45, 7) is 1.12. The summed E-state index contributed by atoms with van der Waals surface area (Å²) in [4.78, 5) is 22.7. The Balaban J connectivity index is 2.00. The molecule has 1 aliphatic rings. The van der Waals surface area contributed by atoms with Gasteiger partial charge in [0.05, 0.1) is 6.61 Å². The molecule has 1 saturated heterocycles. The number of hydrogen-bond donors (Lipinski definition) is 0. The van der Waals surface area contributed by atoms with Gasteiger partial charge in [-0.3, -0.25) is 9.59 Å². The Hall–Kier alpha value is -0.450. The van der Waals surface area contributed by atoms with E-state index >= 15 is 0 Å². The molecule has 104 valence electrons. The van der Waals surface area contributed by atoms with Gasteiger partial charge in [0.1, 0.15) is 11.6 Å². The van der Waals surface area contributed by atoms with E-state index in [2.05, 4.69) is 0 Å². The van der Waals surface area contributed by atoms with Gasteiger partial charge in [0, 0.05) is 38.2 Å². The van der Waals surface area contributed by atoms with Crippen molar-refractivity contribution < 1.29 is 19.1 Å². The van der Waals surface area contributed by atoms with E-state index in [1.807, 2.05) is 0 Å². The van der Waals surface area contributed by atoms with E-state index in [1.54, 1.807) is 0 Å². The van der Waals surface area contributed by atoms with Crippen LogP contribution in [-0.2, 0) is 19.1 Å². The van der Waals surface area contributed by atoms with E-state index < -0.39 is 0 Å². The number of Topliss-reactive ketones (excluding diaryl/α,β-unsaturated/α-hetero) is 2. The number of alkyl halides is 1. The van der Waals surface area contributed by atoms with Crippen LogP contribution in [0, 0.1) is 0 Å². The van der Waals surface area contributed by atoms with Gasteiger partial charge in [-0.25, -0.2) is 0 Å². The molecule has 4 nitrogen and oxygen atoms in total. The molecule has 0 aromatic heterocycles. The van der Waals surface area contributed by atoms with Crippen LogP contribution in [0.25, 0.3) is 0 Å².